The predicted octanol–water partition coefficient (Wildman–Crippen LogP) is 5.03. The summed E-state index contributed by atoms with van der Waals surface area (Å²) in [6.45, 7) is 0.240. The third-order valence-corrected chi connectivity index (χ3v) is 4.57. The summed E-state index contributed by atoms with van der Waals surface area (Å²) in [5, 5.41) is 5.68. The first-order valence-electron chi connectivity index (χ1n) is 7.64. The largest absolute Gasteiger partial charge is 0.425 e. The van der Waals surface area contributed by atoms with Crippen molar-refractivity contribution < 1.29 is 18.0 Å². The van der Waals surface area contributed by atoms with Gasteiger partial charge in [0.2, 0.25) is 0 Å². The Morgan fingerprint density at radius 3 is 2.42 bits per heavy atom. The van der Waals surface area contributed by atoms with Crippen molar-refractivity contribution >= 4 is 28.7 Å². The number of anilines is 2. The molecule has 0 saturated carbocycles. The van der Waals surface area contributed by atoms with E-state index in [0.717, 1.165) is 6.07 Å². The highest BCUT2D eigenvalue weighted by Crippen LogP contribution is 2.34. The van der Waals surface area contributed by atoms with Crippen LogP contribution in [0.15, 0.2) is 60.8 Å². The zero-order valence-corrected chi connectivity index (χ0v) is 14.2. The molecule has 1 aromatic carbocycles. The molecule has 0 aliphatic carbocycles. The number of amides is 1. The predicted molar refractivity (Wildman–Crippen MR) is 95.3 cm³/mol. The normalized spacial score (nSPS) is 11.2. The maximum atomic E-state index is 12.6. The van der Waals surface area contributed by atoms with Gasteiger partial charge in [-0.05, 0) is 36.4 Å². The van der Waals surface area contributed by atoms with Crippen LogP contribution in [0.5, 0.6) is 0 Å². The molecule has 0 saturated heterocycles. The molecule has 4 nitrogen and oxygen atoms in total. The Bertz CT molecular complexity index is 877. The van der Waals surface area contributed by atoms with Crippen LogP contribution in [0.3, 0.4) is 0 Å². The summed E-state index contributed by atoms with van der Waals surface area (Å²) in [5.74, 6) is 0.260. The topological polar surface area (TPSA) is 54.0 Å². The number of rotatable bonds is 5. The van der Waals surface area contributed by atoms with Crippen LogP contribution >= 0.6 is 11.3 Å². The fourth-order valence-corrected chi connectivity index (χ4v) is 2.98. The first kappa shape index (κ1) is 17.9. The van der Waals surface area contributed by atoms with Crippen molar-refractivity contribution in [3.05, 3.63) is 76.1 Å². The number of pyridine rings is 1. The van der Waals surface area contributed by atoms with Crippen LogP contribution in [0.4, 0.5) is 24.7 Å². The number of carbonyl (C=O) groups excluding carboxylic acids is 1. The molecule has 2 heterocycles. The molecular formula is C18H14F3N3OS. The molecule has 0 aliphatic heterocycles. The molecule has 0 fully saturated rings. The van der Waals surface area contributed by atoms with Gasteiger partial charge in [-0.25, -0.2) is 4.98 Å². The molecule has 0 aliphatic rings. The highest BCUT2D eigenvalue weighted by molar-refractivity contribution is 7.12. The molecule has 0 atom stereocenters. The number of alkyl halides is 3. The monoisotopic (exact) mass is 377 g/mol. The van der Waals surface area contributed by atoms with Crippen molar-refractivity contribution in [2.45, 2.75) is 12.7 Å². The zero-order valence-electron chi connectivity index (χ0n) is 13.4. The van der Waals surface area contributed by atoms with E-state index in [4.69, 9.17) is 0 Å². The Balaban J connectivity index is 1.56. The summed E-state index contributed by atoms with van der Waals surface area (Å²) in [7, 11) is 0. The maximum absolute atomic E-state index is 12.6. The average molecular weight is 377 g/mol. The maximum Gasteiger partial charge on any atom is 0.425 e. The van der Waals surface area contributed by atoms with E-state index >= 15 is 0 Å². The second kappa shape index (κ2) is 7.57. The molecule has 2 N–H and O–H groups in total. The van der Waals surface area contributed by atoms with Crippen LogP contribution in [0.25, 0.3) is 0 Å². The summed E-state index contributed by atoms with van der Waals surface area (Å²) in [4.78, 5) is 16.1. The van der Waals surface area contributed by atoms with Gasteiger partial charge in [-0.1, -0.05) is 18.2 Å². The number of halogens is 3. The van der Waals surface area contributed by atoms with Crippen molar-refractivity contribution in [2.24, 2.45) is 0 Å². The van der Waals surface area contributed by atoms with Gasteiger partial charge >= 0.3 is 6.18 Å². The first-order valence-corrected chi connectivity index (χ1v) is 8.46. The van der Waals surface area contributed by atoms with Gasteiger partial charge in [0.05, 0.1) is 18.4 Å². The Kier molecular flexibility index (Phi) is 5.22. The third-order valence-electron chi connectivity index (χ3n) is 3.44. The number of hydrogen-bond acceptors (Lipinski definition) is 4. The molecule has 2 aromatic heterocycles. The Hall–Kier alpha value is -2.87. The lowest BCUT2D eigenvalue weighted by molar-refractivity contribution is -0.134. The van der Waals surface area contributed by atoms with Crippen molar-refractivity contribution in [1.82, 2.24) is 4.98 Å². The number of nitrogens with one attached hydrogen (secondary N) is 2. The van der Waals surface area contributed by atoms with E-state index in [9.17, 15) is 18.0 Å². The van der Waals surface area contributed by atoms with E-state index in [2.05, 4.69) is 15.6 Å². The van der Waals surface area contributed by atoms with E-state index in [-0.39, 0.29) is 12.5 Å². The van der Waals surface area contributed by atoms with Crippen LogP contribution in [0.2, 0.25) is 0 Å². The number of thiophene rings is 1. The highest BCUT2D eigenvalue weighted by Gasteiger charge is 2.32. The number of benzene rings is 1. The molecule has 3 aromatic rings. The lowest BCUT2D eigenvalue weighted by atomic mass is 10.2. The summed E-state index contributed by atoms with van der Waals surface area (Å²) in [5.41, 5.74) is 1.06. The average Bonchev–Trinajstić information content (AvgIpc) is 3.11. The third kappa shape index (κ3) is 4.60. The van der Waals surface area contributed by atoms with Gasteiger partial charge in [0.1, 0.15) is 10.7 Å². The van der Waals surface area contributed by atoms with Gasteiger partial charge in [0.25, 0.3) is 5.91 Å². The fraction of sp³-hybridized carbons (Fsp3) is 0.111. The lowest BCUT2D eigenvalue weighted by Crippen LogP contribution is -2.12. The van der Waals surface area contributed by atoms with Gasteiger partial charge in [0.15, 0.2) is 0 Å². The smallest absolute Gasteiger partial charge is 0.365 e. The molecule has 0 radical (unpaired) electrons. The van der Waals surface area contributed by atoms with Gasteiger partial charge in [-0.15, -0.1) is 11.3 Å². The number of aromatic nitrogens is 1. The first-order chi connectivity index (χ1) is 12.4. The van der Waals surface area contributed by atoms with Crippen molar-refractivity contribution in [2.75, 3.05) is 10.6 Å². The minimum absolute atomic E-state index is 0.240. The minimum Gasteiger partial charge on any atom is -0.365 e. The molecule has 0 spiro atoms. The van der Waals surface area contributed by atoms with E-state index < -0.39 is 11.1 Å². The SMILES string of the molecule is O=C(Nc1ccc(NCc2ccc(C(F)(F)F)s2)nc1)c1ccccc1. The molecule has 0 bridgehead atoms. The molecule has 134 valence electrons. The summed E-state index contributed by atoms with van der Waals surface area (Å²) in [6, 6.07) is 14.6. The Labute approximate surface area is 151 Å². The Morgan fingerprint density at radius 2 is 1.81 bits per heavy atom. The van der Waals surface area contributed by atoms with Crippen LogP contribution in [-0.2, 0) is 12.7 Å². The Morgan fingerprint density at radius 1 is 1.04 bits per heavy atom. The minimum atomic E-state index is -4.32. The van der Waals surface area contributed by atoms with Gasteiger partial charge in [0, 0.05) is 10.4 Å². The second-order valence-corrected chi connectivity index (χ2v) is 6.54. The molecule has 26 heavy (non-hydrogen) atoms. The van der Waals surface area contributed by atoms with Crippen LogP contribution in [-0.4, -0.2) is 10.9 Å². The van der Waals surface area contributed by atoms with Crippen LogP contribution in [0.1, 0.15) is 20.1 Å². The number of carbonyl (C=O) groups is 1. The van der Waals surface area contributed by atoms with Crippen molar-refractivity contribution in [3.8, 4) is 0 Å². The van der Waals surface area contributed by atoms with Crippen molar-refractivity contribution in [1.29, 1.82) is 0 Å². The highest BCUT2D eigenvalue weighted by atomic mass is 32.1. The summed E-state index contributed by atoms with van der Waals surface area (Å²) >= 11 is 0.696. The van der Waals surface area contributed by atoms with Crippen molar-refractivity contribution in [3.63, 3.8) is 0 Å². The molecule has 1 amide bonds. The van der Waals surface area contributed by atoms with E-state index in [1.54, 1.807) is 36.4 Å². The van der Waals surface area contributed by atoms with Gasteiger partial charge < -0.3 is 10.6 Å². The van der Waals surface area contributed by atoms with Crippen LogP contribution < -0.4 is 10.6 Å². The zero-order chi connectivity index (χ0) is 18.6. The molecule has 8 heteroatoms. The van der Waals surface area contributed by atoms with Crippen LogP contribution in [0, 0.1) is 0 Å². The van der Waals surface area contributed by atoms with E-state index in [1.165, 1.54) is 12.3 Å². The quantitative estimate of drug-likeness (QED) is 0.656. The summed E-state index contributed by atoms with van der Waals surface area (Å²) < 4.78 is 37.7. The second-order valence-electron chi connectivity index (χ2n) is 5.37. The van der Waals surface area contributed by atoms with E-state index in [0.29, 0.717) is 33.3 Å². The standard InChI is InChI=1S/C18H14F3N3OS/c19-18(20,21)15-8-7-14(26-15)11-23-16-9-6-13(10-22-16)24-17(25)12-4-2-1-3-5-12/h1-10H,11H2,(H,22,23)(H,24,25). The molecule has 3 rings (SSSR count). The number of hydrogen-bond donors (Lipinski definition) is 2. The van der Waals surface area contributed by atoms with Gasteiger partial charge in [-0.3, -0.25) is 4.79 Å². The number of nitrogens with zero attached hydrogens (tertiary/aromatic N) is 1. The summed E-state index contributed by atoms with van der Waals surface area (Å²) in [6.07, 6.45) is -2.83. The lowest BCUT2D eigenvalue weighted by Gasteiger charge is -2.07. The molecular weight excluding hydrogens is 363 g/mol. The van der Waals surface area contributed by atoms with E-state index in [1.807, 2.05) is 6.07 Å². The fourth-order valence-electron chi connectivity index (χ4n) is 2.17. The van der Waals surface area contributed by atoms with Gasteiger partial charge in [-0.2, -0.15) is 13.2 Å². The molecule has 0 unspecified atom stereocenters.